The molecule has 21 heavy (non-hydrogen) atoms. The van der Waals surface area contributed by atoms with E-state index in [0.717, 1.165) is 27.6 Å². The number of nitrogens with one attached hydrogen (secondary N) is 1. The minimum Gasteiger partial charge on any atom is -0.385 e. The molecule has 2 aromatic heterocycles. The van der Waals surface area contributed by atoms with Crippen molar-refractivity contribution < 1.29 is 9.53 Å². The van der Waals surface area contributed by atoms with Gasteiger partial charge >= 0.3 is 0 Å². The zero-order chi connectivity index (χ0) is 15.1. The first-order valence-corrected chi connectivity index (χ1v) is 7.64. The van der Waals surface area contributed by atoms with Crippen molar-refractivity contribution in [3.05, 3.63) is 35.1 Å². The third-order valence-electron chi connectivity index (χ3n) is 2.99. The number of amides is 1. The molecule has 0 spiro atoms. The van der Waals surface area contributed by atoms with Crippen molar-refractivity contribution in [1.29, 1.82) is 0 Å². The Morgan fingerprint density at radius 1 is 1.38 bits per heavy atom. The van der Waals surface area contributed by atoms with Gasteiger partial charge in [-0.25, -0.2) is 4.98 Å². The van der Waals surface area contributed by atoms with Crippen molar-refractivity contribution in [1.82, 2.24) is 15.3 Å². The number of thiazole rings is 1. The molecule has 1 N–H and O–H groups in total. The molecule has 112 valence electrons. The first kappa shape index (κ1) is 15.6. The lowest BCUT2D eigenvalue weighted by atomic mass is 10.2. The molecule has 0 atom stereocenters. The van der Waals surface area contributed by atoms with E-state index < -0.39 is 0 Å². The highest BCUT2D eigenvalue weighted by atomic mass is 32.1. The maximum atomic E-state index is 11.9. The van der Waals surface area contributed by atoms with Crippen molar-refractivity contribution in [3.63, 3.8) is 0 Å². The maximum Gasteiger partial charge on any atom is 0.225 e. The molecule has 0 aromatic carbocycles. The van der Waals surface area contributed by atoms with Crippen LogP contribution in [-0.2, 0) is 16.0 Å². The molecule has 0 bridgehead atoms. The molecule has 0 radical (unpaired) electrons. The van der Waals surface area contributed by atoms with E-state index in [9.17, 15) is 4.79 Å². The first-order chi connectivity index (χ1) is 10.2. The van der Waals surface area contributed by atoms with Crippen LogP contribution >= 0.6 is 11.3 Å². The summed E-state index contributed by atoms with van der Waals surface area (Å²) < 4.78 is 4.95. The van der Waals surface area contributed by atoms with Crippen LogP contribution in [0.4, 0.5) is 0 Å². The second kappa shape index (κ2) is 7.85. The molecule has 1 amide bonds. The van der Waals surface area contributed by atoms with Crippen LogP contribution < -0.4 is 5.32 Å². The number of methoxy groups -OCH3 is 1. The molecular weight excluding hydrogens is 286 g/mol. The van der Waals surface area contributed by atoms with E-state index in [1.54, 1.807) is 30.8 Å². The largest absolute Gasteiger partial charge is 0.385 e. The van der Waals surface area contributed by atoms with Gasteiger partial charge in [0.1, 0.15) is 5.01 Å². The minimum atomic E-state index is 0.0270. The Hall–Kier alpha value is -1.79. The second-order valence-electron chi connectivity index (χ2n) is 4.64. The highest BCUT2D eigenvalue weighted by Gasteiger charge is 2.12. The zero-order valence-corrected chi connectivity index (χ0v) is 13.1. The lowest BCUT2D eigenvalue weighted by molar-refractivity contribution is -0.120. The summed E-state index contributed by atoms with van der Waals surface area (Å²) in [5.41, 5.74) is 1.95. The molecule has 2 aromatic rings. The summed E-state index contributed by atoms with van der Waals surface area (Å²) in [5.74, 6) is 0.0270. The molecule has 2 heterocycles. The smallest absolute Gasteiger partial charge is 0.225 e. The molecule has 0 saturated heterocycles. The van der Waals surface area contributed by atoms with Gasteiger partial charge in [-0.1, -0.05) is 0 Å². The van der Waals surface area contributed by atoms with E-state index in [-0.39, 0.29) is 5.91 Å². The van der Waals surface area contributed by atoms with Gasteiger partial charge in [-0.15, -0.1) is 11.3 Å². The van der Waals surface area contributed by atoms with Crippen molar-refractivity contribution in [2.45, 2.75) is 19.8 Å². The van der Waals surface area contributed by atoms with Gasteiger partial charge in [-0.05, 0) is 25.5 Å². The number of pyridine rings is 1. The average molecular weight is 305 g/mol. The Balaban J connectivity index is 1.95. The van der Waals surface area contributed by atoms with Crippen LogP contribution in [0.2, 0.25) is 0 Å². The Kier molecular flexibility index (Phi) is 5.83. The molecule has 0 aliphatic heterocycles. The van der Waals surface area contributed by atoms with Crippen molar-refractivity contribution in [2.75, 3.05) is 20.3 Å². The fourth-order valence-electron chi connectivity index (χ4n) is 1.86. The summed E-state index contributed by atoms with van der Waals surface area (Å²) in [4.78, 5) is 21.4. The topological polar surface area (TPSA) is 64.1 Å². The van der Waals surface area contributed by atoms with E-state index in [2.05, 4.69) is 15.3 Å². The number of aryl methyl sites for hydroxylation is 1. The van der Waals surface area contributed by atoms with E-state index >= 15 is 0 Å². The molecule has 0 aliphatic carbocycles. The Morgan fingerprint density at radius 2 is 2.14 bits per heavy atom. The van der Waals surface area contributed by atoms with Gasteiger partial charge in [0, 0.05) is 43.1 Å². The fraction of sp³-hybridized carbons (Fsp3) is 0.400. The predicted octanol–water partition coefficient (Wildman–Crippen LogP) is 2.21. The normalized spacial score (nSPS) is 10.6. The third kappa shape index (κ3) is 4.61. The Morgan fingerprint density at radius 3 is 2.86 bits per heavy atom. The summed E-state index contributed by atoms with van der Waals surface area (Å²) in [7, 11) is 1.66. The summed E-state index contributed by atoms with van der Waals surface area (Å²) in [6.45, 7) is 3.24. The Bertz CT molecular complexity index is 584. The molecule has 5 nitrogen and oxygen atoms in total. The van der Waals surface area contributed by atoms with Crippen LogP contribution in [0.5, 0.6) is 0 Å². The number of hydrogen-bond acceptors (Lipinski definition) is 5. The molecular formula is C15H19N3O2S. The summed E-state index contributed by atoms with van der Waals surface area (Å²) in [6, 6.07) is 3.85. The molecule has 0 saturated carbocycles. The van der Waals surface area contributed by atoms with Crippen LogP contribution in [0.15, 0.2) is 24.5 Å². The Labute approximate surface area is 128 Å². The fourth-order valence-corrected chi connectivity index (χ4v) is 2.93. The van der Waals surface area contributed by atoms with E-state index in [1.165, 1.54) is 0 Å². The SMILES string of the molecule is COCCCNC(=O)Cc1sc(-c2ccncc2)nc1C. The number of ether oxygens (including phenoxy) is 1. The number of nitrogens with zero attached hydrogens (tertiary/aromatic N) is 2. The standard InChI is InChI=1S/C15H19N3O2S/c1-11-13(10-14(19)17-6-3-9-20-2)21-15(18-11)12-4-7-16-8-5-12/h4-5,7-8H,3,6,9-10H2,1-2H3,(H,17,19). The highest BCUT2D eigenvalue weighted by molar-refractivity contribution is 7.15. The lowest BCUT2D eigenvalue weighted by Gasteiger charge is -2.03. The van der Waals surface area contributed by atoms with E-state index in [0.29, 0.717) is 19.6 Å². The van der Waals surface area contributed by atoms with Crippen LogP contribution in [-0.4, -0.2) is 36.1 Å². The van der Waals surface area contributed by atoms with Crippen LogP contribution in [0.25, 0.3) is 10.6 Å². The third-order valence-corrected chi connectivity index (χ3v) is 4.19. The van der Waals surface area contributed by atoms with Gasteiger partial charge in [-0.2, -0.15) is 0 Å². The summed E-state index contributed by atoms with van der Waals surface area (Å²) in [6.07, 6.45) is 4.69. The maximum absolute atomic E-state index is 11.9. The van der Waals surface area contributed by atoms with Gasteiger partial charge < -0.3 is 10.1 Å². The molecule has 0 aliphatic rings. The van der Waals surface area contributed by atoms with Crippen molar-refractivity contribution >= 4 is 17.2 Å². The average Bonchev–Trinajstić information content (AvgIpc) is 2.86. The number of rotatable bonds is 7. The van der Waals surface area contributed by atoms with Gasteiger partial charge in [0.25, 0.3) is 0 Å². The molecule has 2 rings (SSSR count). The summed E-state index contributed by atoms with van der Waals surface area (Å²) in [5, 5.41) is 3.82. The monoisotopic (exact) mass is 305 g/mol. The van der Waals surface area contributed by atoms with Crippen LogP contribution in [0, 0.1) is 6.92 Å². The van der Waals surface area contributed by atoms with E-state index in [4.69, 9.17) is 4.74 Å². The van der Waals surface area contributed by atoms with Gasteiger partial charge in [0.15, 0.2) is 0 Å². The van der Waals surface area contributed by atoms with Gasteiger partial charge in [-0.3, -0.25) is 9.78 Å². The lowest BCUT2D eigenvalue weighted by Crippen LogP contribution is -2.26. The second-order valence-corrected chi connectivity index (χ2v) is 5.72. The quantitative estimate of drug-likeness (QED) is 0.797. The van der Waals surface area contributed by atoms with E-state index in [1.807, 2.05) is 19.1 Å². The number of carbonyl (C=O) groups is 1. The van der Waals surface area contributed by atoms with Gasteiger partial charge in [0.2, 0.25) is 5.91 Å². The number of aromatic nitrogens is 2. The highest BCUT2D eigenvalue weighted by Crippen LogP contribution is 2.27. The van der Waals surface area contributed by atoms with Crippen LogP contribution in [0.3, 0.4) is 0 Å². The minimum absolute atomic E-state index is 0.0270. The molecule has 6 heteroatoms. The van der Waals surface area contributed by atoms with Gasteiger partial charge in [0.05, 0.1) is 12.1 Å². The summed E-state index contributed by atoms with van der Waals surface area (Å²) >= 11 is 1.56. The van der Waals surface area contributed by atoms with Crippen LogP contribution in [0.1, 0.15) is 17.0 Å². The zero-order valence-electron chi connectivity index (χ0n) is 12.3. The number of hydrogen-bond donors (Lipinski definition) is 1. The first-order valence-electron chi connectivity index (χ1n) is 6.83. The molecule has 0 fully saturated rings. The van der Waals surface area contributed by atoms with Crippen molar-refractivity contribution in [2.24, 2.45) is 0 Å². The van der Waals surface area contributed by atoms with Crippen molar-refractivity contribution in [3.8, 4) is 10.6 Å². The predicted molar refractivity (Wildman–Crippen MR) is 83.3 cm³/mol. The molecule has 0 unspecified atom stereocenters. The number of carbonyl (C=O) groups excluding carboxylic acids is 1.